The summed E-state index contributed by atoms with van der Waals surface area (Å²) in [4.78, 5) is 28.1. The van der Waals surface area contributed by atoms with E-state index in [1.165, 1.54) is 11.3 Å². The van der Waals surface area contributed by atoms with Crippen LogP contribution in [0.2, 0.25) is 0 Å². The molecule has 0 saturated heterocycles. The Balaban J connectivity index is 1.60. The summed E-state index contributed by atoms with van der Waals surface area (Å²) in [6, 6.07) is 5.89. The first-order valence-corrected chi connectivity index (χ1v) is 9.97. The van der Waals surface area contributed by atoms with Crippen molar-refractivity contribution in [3.8, 4) is 22.3 Å². The third kappa shape index (κ3) is 3.88. The second-order valence-electron chi connectivity index (χ2n) is 6.80. The minimum atomic E-state index is -0.118. The Kier molecular flexibility index (Phi) is 5.06. The van der Waals surface area contributed by atoms with E-state index in [9.17, 15) is 4.79 Å². The molecule has 4 heterocycles. The molecular weight excluding hydrogens is 374 g/mol. The minimum absolute atomic E-state index is 0.118. The predicted molar refractivity (Wildman–Crippen MR) is 109 cm³/mol. The predicted octanol–water partition coefficient (Wildman–Crippen LogP) is 3.76. The van der Waals surface area contributed by atoms with Gasteiger partial charge < -0.3 is 9.73 Å². The van der Waals surface area contributed by atoms with Crippen molar-refractivity contribution in [2.24, 2.45) is 0 Å². The van der Waals surface area contributed by atoms with E-state index in [0.717, 1.165) is 10.8 Å². The second-order valence-corrected chi connectivity index (χ2v) is 7.69. The summed E-state index contributed by atoms with van der Waals surface area (Å²) in [6.45, 7) is 6.32. The molecule has 0 aromatic carbocycles. The molecule has 0 spiro atoms. The number of anilines is 1. The van der Waals surface area contributed by atoms with Crippen LogP contribution in [0.4, 0.5) is 5.82 Å². The van der Waals surface area contributed by atoms with Gasteiger partial charge in [-0.25, -0.2) is 15.0 Å². The number of furan rings is 1. The van der Waals surface area contributed by atoms with Crippen molar-refractivity contribution >= 4 is 23.1 Å². The van der Waals surface area contributed by atoms with E-state index < -0.39 is 0 Å². The summed E-state index contributed by atoms with van der Waals surface area (Å²) < 4.78 is 5.67. The number of rotatable bonds is 5. The number of thiazole rings is 1. The highest BCUT2D eigenvalue weighted by molar-refractivity contribution is 7.13. The number of hydrogen-bond acceptors (Lipinski definition) is 7. The number of hydrogen-bond donors (Lipinski definition) is 1. The molecule has 0 radical (unpaired) electrons. The van der Waals surface area contributed by atoms with Gasteiger partial charge in [0.2, 0.25) is 5.91 Å². The Bertz CT molecular complexity index is 1000. The fourth-order valence-corrected chi connectivity index (χ4v) is 3.78. The molecule has 1 amide bonds. The van der Waals surface area contributed by atoms with Gasteiger partial charge in [0.05, 0.1) is 6.54 Å². The minimum Gasteiger partial charge on any atom is -0.458 e. The summed E-state index contributed by atoms with van der Waals surface area (Å²) in [5.41, 5.74) is 0.647. The van der Waals surface area contributed by atoms with Crippen molar-refractivity contribution in [2.45, 2.75) is 32.9 Å². The fourth-order valence-electron chi connectivity index (χ4n) is 3.19. The van der Waals surface area contributed by atoms with E-state index in [-0.39, 0.29) is 18.0 Å². The van der Waals surface area contributed by atoms with Crippen LogP contribution in [-0.2, 0) is 4.79 Å². The first-order chi connectivity index (χ1) is 13.5. The van der Waals surface area contributed by atoms with Crippen LogP contribution in [0.3, 0.4) is 0 Å². The lowest BCUT2D eigenvalue weighted by molar-refractivity contribution is -0.117. The molecule has 1 aliphatic rings. The van der Waals surface area contributed by atoms with E-state index in [2.05, 4.69) is 51.2 Å². The fraction of sp³-hybridized carbons (Fsp3) is 0.300. The van der Waals surface area contributed by atoms with E-state index in [1.54, 1.807) is 12.3 Å². The summed E-state index contributed by atoms with van der Waals surface area (Å²) >= 11 is 1.48. The maximum Gasteiger partial charge on any atom is 0.239 e. The van der Waals surface area contributed by atoms with Crippen LogP contribution in [0.25, 0.3) is 22.3 Å². The molecule has 7 nitrogen and oxygen atoms in total. The van der Waals surface area contributed by atoms with Crippen molar-refractivity contribution in [1.82, 2.24) is 19.9 Å². The monoisotopic (exact) mass is 395 g/mol. The maximum atomic E-state index is 12.6. The smallest absolute Gasteiger partial charge is 0.239 e. The van der Waals surface area contributed by atoms with Crippen LogP contribution in [0.1, 0.15) is 19.6 Å². The summed E-state index contributed by atoms with van der Waals surface area (Å²) in [5.74, 6) is 2.06. The van der Waals surface area contributed by atoms with Crippen LogP contribution in [-0.4, -0.2) is 44.4 Å². The first-order valence-electron chi connectivity index (χ1n) is 9.09. The highest BCUT2D eigenvalue weighted by Crippen LogP contribution is 2.27. The number of aromatic nitrogens is 3. The summed E-state index contributed by atoms with van der Waals surface area (Å²) in [6.07, 6.45) is 5.95. The molecule has 3 aromatic heterocycles. The van der Waals surface area contributed by atoms with Crippen LogP contribution >= 0.6 is 11.3 Å². The number of aryl methyl sites for hydroxylation is 1. The van der Waals surface area contributed by atoms with Crippen molar-refractivity contribution in [2.75, 3.05) is 11.9 Å². The quantitative estimate of drug-likeness (QED) is 0.662. The van der Waals surface area contributed by atoms with Gasteiger partial charge in [0.15, 0.2) is 11.6 Å². The van der Waals surface area contributed by atoms with Crippen LogP contribution in [0.5, 0.6) is 0 Å². The van der Waals surface area contributed by atoms with Crippen molar-refractivity contribution in [3.63, 3.8) is 0 Å². The Morgan fingerprint density at radius 2 is 2.04 bits per heavy atom. The Morgan fingerprint density at radius 3 is 2.68 bits per heavy atom. The highest BCUT2D eigenvalue weighted by Gasteiger charge is 2.24. The molecule has 1 N–H and O–H groups in total. The summed E-state index contributed by atoms with van der Waals surface area (Å²) in [5, 5.41) is 5.55. The van der Waals surface area contributed by atoms with E-state index in [0.29, 0.717) is 29.6 Å². The molecule has 0 fully saturated rings. The van der Waals surface area contributed by atoms with Crippen molar-refractivity contribution in [3.05, 3.63) is 47.7 Å². The van der Waals surface area contributed by atoms with E-state index >= 15 is 0 Å². The number of carbonyl (C=O) groups excluding carboxylic acids is 1. The molecule has 8 heteroatoms. The lowest BCUT2D eigenvalue weighted by Crippen LogP contribution is -2.40. The topological polar surface area (TPSA) is 84.2 Å². The molecule has 4 rings (SSSR count). The standard InChI is InChI=1S/C20H21N5O2S/c1-12-4-5-13(2)25(12)11-18(26)23-17-10-15(20-21-8-9-28-20)22-19(24-17)16-7-6-14(3)27-16/h4-10,12-13H,11H2,1-3H3,(H,22,23,24,26). The third-order valence-electron chi connectivity index (χ3n) is 4.65. The number of nitrogens with one attached hydrogen (secondary N) is 1. The Morgan fingerprint density at radius 1 is 1.25 bits per heavy atom. The van der Waals surface area contributed by atoms with Gasteiger partial charge in [-0.1, -0.05) is 12.2 Å². The van der Waals surface area contributed by atoms with Gasteiger partial charge in [0, 0.05) is 29.7 Å². The van der Waals surface area contributed by atoms with Gasteiger partial charge in [-0.3, -0.25) is 9.69 Å². The number of nitrogens with zero attached hydrogens (tertiary/aromatic N) is 4. The first kappa shape index (κ1) is 18.5. The zero-order chi connectivity index (χ0) is 19.7. The molecule has 28 heavy (non-hydrogen) atoms. The SMILES string of the molecule is Cc1ccc(-c2nc(NC(=O)CN3C(C)C=CC3C)cc(-c3nccs3)n2)o1. The van der Waals surface area contributed by atoms with Crippen LogP contribution in [0, 0.1) is 6.92 Å². The summed E-state index contributed by atoms with van der Waals surface area (Å²) in [7, 11) is 0. The number of amides is 1. The molecule has 0 bridgehead atoms. The molecule has 144 valence electrons. The average molecular weight is 395 g/mol. The van der Waals surface area contributed by atoms with E-state index in [4.69, 9.17) is 4.42 Å². The van der Waals surface area contributed by atoms with Gasteiger partial charge >= 0.3 is 0 Å². The van der Waals surface area contributed by atoms with Crippen molar-refractivity contribution in [1.29, 1.82) is 0 Å². The van der Waals surface area contributed by atoms with Crippen molar-refractivity contribution < 1.29 is 9.21 Å². The molecule has 3 aromatic rings. The number of carbonyl (C=O) groups is 1. The molecule has 0 saturated carbocycles. The lowest BCUT2D eigenvalue weighted by Gasteiger charge is -2.25. The van der Waals surface area contributed by atoms with Gasteiger partial charge in [-0.05, 0) is 32.9 Å². The zero-order valence-electron chi connectivity index (χ0n) is 15.9. The maximum absolute atomic E-state index is 12.6. The molecule has 2 unspecified atom stereocenters. The van der Waals surface area contributed by atoms with E-state index in [1.807, 2.05) is 24.4 Å². The molecular formula is C20H21N5O2S. The van der Waals surface area contributed by atoms with Gasteiger partial charge in [-0.15, -0.1) is 11.3 Å². The van der Waals surface area contributed by atoms with Gasteiger partial charge in [0.25, 0.3) is 0 Å². The average Bonchev–Trinajstić information content (AvgIpc) is 3.40. The largest absolute Gasteiger partial charge is 0.458 e. The molecule has 2 atom stereocenters. The molecule has 0 aliphatic carbocycles. The van der Waals surface area contributed by atoms with Crippen LogP contribution < -0.4 is 5.32 Å². The third-order valence-corrected chi connectivity index (χ3v) is 5.44. The molecule has 1 aliphatic heterocycles. The Labute approximate surface area is 167 Å². The Hall–Kier alpha value is -2.84. The van der Waals surface area contributed by atoms with Gasteiger partial charge in [0.1, 0.15) is 22.3 Å². The normalized spacial score (nSPS) is 19.2. The lowest BCUT2D eigenvalue weighted by atomic mass is 10.3. The van der Waals surface area contributed by atoms with Crippen LogP contribution in [0.15, 0.2) is 46.3 Å². The highest BCUT2D eigenvalue weighted by atomic mass is 32.1. The zero-order valence-corrected chi connectivity index (χ0v) is 16.7. The van der Waals surface area contributed by atoms with Gasteiger partial charge in [-0.2, -0.15) is 0 Å². The second kappa shape index (κ2) is 7.65.